The van der Waals surface area contributed by atoms with Crippen molar-refractivity contribution >= 4 is 28.1 Å². The van der Waals surface area contributed by atoms with Crippen LogP contribution >= 0.6 is 11.3 Å². The largest absolute Gasteiger partial charge is 0.465 e. The van der Waals surface area contributed by atoms with Crippen molar-refractivity contribution in [2.45, 2.75) is 6.92 Å². The number of ether oxygens (including phenoxy) is 1. The molecule has 3 aromatic rings. The second-order valence-electron chi connectivity index (χ2n) is 4.67. The number of fused-ring (bicyclic) bond motifs is 1. The highest BCUT2D eigenvalue weighted by molar-refractivity contribution is 7.13. The number of thiophene rings is 1. The summed E-state index contributed by atoms with van der Waals surface area (Å²) in [6.07, 6.45) is 0. The zero-order valence-corrected chi connectivity index (χ0v) is 12.2. The van der Waals surface area contributed by atoms with Gasteiger partial charge in [-0.25, -0.2) is 4.79 Å². The van der Waals surface area contributed by atoms with Gasteiger partial charge in [0, 0.05) is 4.88 Å². The van der Waals surface area contributed by atoms with Crippen LogP contribution in [0.25, 0.3) is 21.2 Å². The maximum absolute atomic E-state index is 11.7. The average Bonchev–Trinajstić information content (AvgIpc) is 2.91. The van der Waals surface area contributed by atoms with Crippen molar-refractivity contribution in [3.8, 4) is 10.4 Å². The van der Waals surface area contributed by atoms with E-state index in [-0.39, 0.29) is 5.97 Å². The predicted octanol–water partition coefficient (Wildman–Crippen LogP) is 4.66. The van der Waals surface area contributed by atoms with Crippen LogP contribution in [-0.2, 0) is 4.74 Å². The monoisotopic (exact) mass is 282 g/mol. The standard InChI is InChI=1S/C17H14O2S/c1-11-8-9-20-16(11)14-5-3-4-12-6-7-13(10-15(12)14)17(18)19-2/h3-10H,1-2H3. The molecule has 2 nitrogen and oxygen atoms in total. The molecule has 0 radical (unpaired) electrons. The summed E-state index contributed by atoms with van der Waals surface area (Å²) < 4.78 is 4.80. The lowest BCUT2D eigenvalue weighted by molar-refractivity contribution is 0.0601. The van der Waals surface area contributed by atoms with Gasteiger partial charge in [-0.15, -0.1) is 11.3 Å². The fourth-order valence-corrected chi connectivity index (χ4v) is 3.33. The number of benzene rings is 2. The summed E-state index contributed by atoms with van der Waals surface area (Å²) in [5.74, 6) is -0.301. The molecule has 0 atom stereocenters. The Morgan fingerprint density at radius 1 is 1.15 bits per heavy atom. The van der Waals surface area contributed by atoms with Crippen molar-refractivity contribution in [1.29, 1.82) is 0 Å². The fourth-order valence-electron chi connectivity index (χ4n) is 2.36. The first-order chi connectivity index (χ1) is 9.70. The lowest BCUT2D eigenvalue weighted by Gasteiger charge is -2.08. The normalized spacial score (nSPS) is 10.7. The molecular weight excluding hydrogens is 268 g/mol. The van der Waals surface area contributed by atoms with Crippen LogP contribution in [0.1, 0.15) is 15.9 Å². The Kier molecular flexibility index (Phi) is 3.28. The molecule has 3 heteroatoms. The Morgan fingerprint density at radius 2 is 2.00 bits per heavy atom. The molecule has 0 fully saturated rings. The van der Waals surface area contributed by atoms with Gasteiger partial charge in [0.15, 0.2) is 0 Å². The minimum atomic E-state index is -0.301. The minimum absolute atomic E-state index is 0.301. The third-order valence-corrected chi connectivity index (χ3v) is 4.46. The summed E-state index contributed by atoms with van der Waals surface area (Å²) in [4.78, 5) is 13.0. The Hall–Kier alpha value is -2.13. The summed E-state index contributed by atoms with van der Waals surface area (Å²) in [6, 6.07) is 14.0. The van der Waals surface area contributed by atoms with E-state index in [0.29, 0.717) is 5.56 Å². The van der Waals surface area contributed by atoms with Crippen molar-refractivity contribution < 1.29 is 9.53 Å². The molecule has 0 spiro atoms. The second-order valence-corrected chi connectivity index (χ2v) is 5.58. The Bertz CT molecular complexity index is 787. The van der Waals surface area contributed by atoms with Gasteiger partial charge in [0.25, 0.3) is 0 Å². The van der Waals surface area contributed by atoms with Crippen molar-refractivity contribution in [1.82, 2.24) is 0 Å². The van der Waals surface area contributed by atoms with E-state index in [2.05, 4.69) is 36.6 Å². The first kappa shape index (κ1) is 12.9. The van der Waals surface area contributed by atoms with Gasteiger partial charge in [0.05, 0.1) is 12.7 Å². The first-order valence-corrected chi connectivity index (χ1v) is 7.24. The van der Waals surface area contributed by atoms with E-state index in [1.54, 1.807) is 17.4 Å². The lowest BCUT2D eigenvalue weighted by atomic mass is 9.99. The summed E-state index contributed by atoms with van der Waals surface area (Å²) in [5.41, 5.74) is 3.01. The smallest absolute Gasteiger partial charge is 0.337 e. The van der Waals surface area contributed by atoms with Crippen LogP contribution in [0, 0.1) is 6.92 Å². The lowest BCUT2D eigenvalue weighted by Crippen LogP contribution is -2.00. The zero-order chi connectivity index (χ0) is 14.1. The maximum Gasteiger partial charge on any atom is 0.337 e. The summed E-state index contributed by atoms with van der Waals surface area (Å²) in [5, 5.41) is 4.30. The molecule has 0 unspecified atom stereocenters. The van der Waals surface area contributed by atoms with Gasteiger partial charge in [-0.3, -0.25) is 0 Å². The number of carbonyl (C=O) groups is 1. The van der Waals surface area contributed by atoms with Crippen molar-refractivity contribution in [2.75, 3.05) is 7.11 Å². The SMILES string of the molecule is COC(=O)c1ccc2cccc(-c3sccc3C)c2c1. The van der Waals surface area contributed by atoms with Crippen LogP contribution in [0.5, 0.6) is 0 Å². The van der Waals surface area contributed by atoms with Crippen molar-refractivity contribution in [3.63, 3.8) is 0 Å². The number of carbonyl (C=O) groups excluding carboxylic acids is 1. The molecule has 0 N–H and O–H groups in total. The van der Waals surface area contributed by atoms with Gasteiger partial charge in [0.2, 0.25) is 0 Å². The number of rotatable bonds is 2. The highest BCUT2D eigenvalue weighted by Gasteiger charge is 2.11. The van der Waals surface area contributed by atoms with Crippen LogP contribution in [-0.4, -0.2) is 13.1 Å². The van der Waals surface area contributed by atoms with Crippen LogP contribution < -0.4 is 0 Å². The molecule has 0 aliphatic carbocycles. The van der Waals surface area contributed by atoms with Crippen LogP contribution in [0.3, 0.4) is 0 Å². The Morgan fingerprint density at radius 3 is 2.70 bits per heavy atom. The Balaban J connectivity index is 2.27. The number of esters is 1. The highest BCUT2D eigenvalue weighted by atomic mass is 32.1. The van der Waals surface area contributed by atoms with E-state index in [1.807, 2.05) is 12.1 Å². The molecule has 3 rings (SSSR count). The van der Waals surface area contributed by atoms with Gasteiger partial charge >= 0.3 is 5.97 Å². The molecule has 0 aliphatic rings. The molecular formula is C17H14O2S. The predicted molar refractivity (Wildman–Crippen MR) is 83.3 cm³/mol. The van der Waals surface area contributed by atoms with Gasteiger partial charge in [-0.05, 0) is 52.4 Å². The van der Waals surface area contributed by atoms with Gasteiger partial charge in [0.1, 0.15) is 0 Å². The maximum atomic E-state index is 11.7. The van der Waals surface area contributed by atoms with E-state index < -0.39 is 0 Å². The molecule has 0 saturated carbocycles. The van der Waals surface area contributed by atoms with Crippen LogP contribution in [0.2, 0.25) is 0 Å². The number of hydrogen-bond acceptors (Lipinski definition) is 3. The van der Waals surface area contributed by atoms with E-state index in [1.165, 1.54) is 23.1 Å². The number of aryl methyl sites for hydroxylation is 1. The Labute approximate surface area is 121 Å². The quantitative estimate of drug-likeness (QED) is 0.639. The number of hydrogen-bond donors (Lipinski definition) is 0. The van der Waals surface area contributed by atoms with E-state index in [9.17, 15) is 4.79 Å². The third kappa shape index (κ3) is 2.10. The molecule has 0 saturated heterocycles. The fraction of sp³-hybridized carbons (Fsp3) is 0.118. The molecule has 1 heterocycles. The third-order valence-electron chi connectivity index (χ3n) is 3.41. The van der Waals surface area contributed by atoms with E-state index in [0.717, 1.165) is 10.8 Å². The molecule has 1 aromatic heterocycles. The number of methoxy groups -OCH3 is 1. The zero-order valence-electron chi connectivity index (χ0n) is 11.3. The molecule has 0 aliphatic heterocycles. The average molecular weight is 282 g/mol. The van der Waals surface area contributed by atoms with Crippen LogP contribution in [0.15, 0.2) is 47.8 Å². The van der Waals surface area contributed by atoms with Crippen LogP contribution in [0.4, 0.5) is 0 Å². The molecule has 2 aromatic carbocycles. The molecule has 0 amide bonds. The topological polar surface area (TPSA) is 26.3 Å². The minimum Gasteiger partial charge on any atom is -0.465 e. The van der Waals surface area contributed by atoms with E-state index in [4.69, 9.17) is 4.74 Å². The van der Waals surface area contributed by atoms with Gasteiger partial charge in [-0.2, -0.15) is 0 Å². The summed E-state index contributed by atoms with van der Waals surface area (Å²) in [6.45, 7) is 2.11. The first-order valence-electron chi connectivity index (χ1n) is 6.36. The summed E-state index contributed by atoms with van der Waals surface area (Å²) in [7, 11) is 1.40. The van der Waals surface area contributed by atoms with Gasteiger partial charge < -0.3 is 4.74 Å². The van der Waals surface area contributed by atoms with Crippen molar-refractivity contribution in [3.05, 3.63) is 59.0 Å². The summed E-state index contributed by atoms with van der Waals surface area (Å²) >= 11 is 1.72. The molecule has 100 valence electrons. The molecule has 20 heavy (non-hydrogen) atoms. The van der Waals surface area contributed by atoms with Crippen molar-refractivity contribution in [2.24, 2.45) is 0 Å². The van der Waals surface area contributed by atoms with E-state index >= 15 is 0 Å². The molecule has 0 bridgehead atoms. The van der Waals surface area contributed by atoms with Gasteiger partial charge in [-0.1, -0.05) is 24.3 Å². The second kappa shape index (κ2) is 5.10. The highest BCUT2D eigenvalue weighted by Crippen LogP contribution is 2.35.